The average Bonchev–Trinajstić information content (AvgIpc) is 2.55. The van der Waals surface area contributed by atoms with Crippen molar-refractivity contribution in [2.45, 2.75) is 0 Å². The summed E-state index contributed by atoms with van der Waals surface area (Å²) in [5, 5.41) is 3.88. The molecule has 0 saturated carbocycles. The lowest BCUT2D eigenvalue weighted by Gasteiger charge is -2.08. The van der Waals surface area contributed by atoms with Gasteiger partial charge in [-0.15, -0.1) is 0 Å². The molecule has 0 unspecified atom stereocenters. The first kappa shape index (κ1) is 14.5. The van der Waals surface area contributed by atoms with Gasteiger partial charge in [-0.2, -0.15) is 5.10 Å². The number of carbonyl (C=O) groups excluding carboxylic acids is 1. The molecule has 1 aromatic carbocycles. The van der Waals surface area contributed by atoms with Crippen LogP contribution in [-0.4, -0.2) is 31.3 Å². The zero-order valence-corrected chi connectivity index (χ0v) is 11.7. The number of methoxy groups -OCH3 is 2. The van der Waals surface area contributed by atoms with Crippen molar-refractivity contribution in [3.63, 3.8) is 0 Å². The Bertz CT molecular complexity index is 642. The van der Waals surface area contributed by atoms with E-state index >= 15 is 0 Å². The number of rotatable bonds is 5. The van der Waals surface area contributed by atoms with Gasteiger partial charge in [-0.25, -0.2) is 5.43 Å². The van der Waals surface area contributed by atoms with E-state index in [4.69, 9.17) is 9.47 Å². The van der Waals surface area contributed by atoms with Crippen molar-refractivity contribution in [3.05, 3.63) is 53.9 Å². The van der Waals surface area contributed by atoms with Gasteiger partial charge in [0, 0.05) is 23.5 Å². The Morgan fingerprint density at radius 3 is 2.71 bits per heavy atom. The van der Waals surface area contributed by atoms with Crippen molar-refractivity contribution < 1.29 is 14.3 Å². The van der Waals surface area contributed by atoms with E-state index in [0.29, 0.717) is 17.1 Å². The van der Waals surface area contributed by atoms with E-state index in [2.05, 4.69) is 15.5 Å². The molecule has 21 heavy (non-hydrogen) atoms. The molecule has 0 bridgehead atoms. The fraction of sp³-hybridized carbons (Fsp3) is 0.133. The maximum atomic E-state index is 12.0. The standard InChI is InChI=1S/C15H15N3O3/c1-20-13-6-5-12(8-14(13)21-2)15(19)18-17-10-11-4-3-7-16-9-11/h3-10H,1-2H3,(H,18,19). The van der Waals surface area contributed by atoms with Gasteiger partial charge in [-0.3, -0.25) is 9.78 Å². The van der Waals surface area contributed by atoms with Crippen LogP contribution in [0, 0.1) is 0 Å². The summed E-state index contributed by atoms with van der Waals surface area (Å²) in [6.07, 6.45) is 4.83. The van der Waals surface area contributed by atoms with Gasteiger partial charge < -0.3 is 9.47 Å². The molecule has 0 fully saturated rings. The number of amides is 1. The number of aromatic nitrogens is 1. The number of hydrogen-bond acceptors (Lipinski definition) is 5. The van der Waals surface area contributed by atoms with Gasteiger partial charge in [-0.05, 0) is 24.3 Å². The SMILES string of the molecule is COc1ccc(C(=O)NN=Cc2cccnc2)cc1OC. The van der Waals surface area contributed by atoms with Gasteiger partial charge in [0.05, 0.1) is 20.4 Å². The van der Waals surface area contributed by atoms with Crippen molar-refractivity contribution in [1.82, 2.24) is 10.4 Å². The largest absolute Gasteiger partial charge is 0.493 e. The molecule has 0 saturated heterocycles. The highest BCUT2D eigenvalue weighted by molar-refractivity contribution is 5.95. The topological polar surface area (TPSA) is 72.8 Å². The summed E-state index contributed by atoms with van der Waals surface area (Å²) in [5.74, 6) is 0.713. The second-order valence-electron chi connectivity index (χ2n) is 4.06. The van der Waals surface area contributed by atoms with Crippen LogP contribution in [0.15, 0.2) is 47.8 Å². The molecule has 0 aliphatic rings. The number of hydrazone groups is 1. The number of ether oxygens (including phenoxy) is 2. The van der Waals surface area contributed by atoms with Crippen LogP contribution in [0.4, 0.5) is 0 Å². The Morgan fingerprint density at radius 2 is 2.05 bits per heavy atom. The molecule has 2 aromatic rings. The molecule has 0 spiro atoms. The second-order valence-corrected chi connectivity index (χ2v) is 4.06. The molecule has 0 atom stereocenters. The van der Waals surface area contributed by atoms with Crippen LogP contribution in [0.25, 0.3) is 0 Å². The average molecular weight is 285 g/mol. The number of nitrogens with zero attached hydrogens (tertiary/aromatic N) is 2. The molecule has 6 nitrogen and oxygen atoms in total. The third-order valence-electron chi connectivity index (χ3n) is 2.71. The van der Waals surface area contributed by atoms with Crippen LogP contribution in [0.3, 0.4) is 0 Å². The van der Waals surface area contributed by atoms with Gasteiger partial charge in [0.15, 0.2) is 11.5 Å². The van der Waals surface area contributed by atoms with Crippen molar-refractivity contribution in [1.29, 1.82) is 0 Å². The molecule has 0 aliphatic heterocycles. The molecule has 1 aromatic heterocycles. The van der Waals surface area contributed by atoms with Crippen LogP contribution in [0.5, 0.6) is 11.5 Å². The van der Waals surface area contributed by atoms with E-state index in [9.17, 15) is 4.79 Å². The number of carbonyl (C=O) groups is 1. The van der Waals surface area contributed by atoms with Gasteiger partial charge in [0.1, 0.15) is 0 Å². The summed E-state index contributed by atoms with van der Waals surface area (Å²) >= 11 is 0. The predicted octanol–water partition coefficient (Wildman–Crippen LogP) is 1.86. The molecule has 1 heterocycles. The second kappa shape index (κ2) is 7.04. The van der Waals surface area contributed by atoms with Gasteiger partial charge in [0.25, 0.3) is 5.91 Å². The van der Waals surface area contributed by atoms with E-state index in [-0.39, 0.29) is 5.91 Å². The number of hydrogen-bond donors (Lipinski definition) is 1. The minimum absolute atomic E-state index is 0.337. The van der Waals surface area contributed by atoms with Gasteiger partial charge in [0.2, 0.25) is 0 Å². The van der Waals surface area contributed by atoms with Crippen molar-refractivity contribution >= 4 is 12.1 Å². The van der Waals surface area contributed by atoms with E-state index in [1.54, 1.807) is 36.7 Å². The predicted molar refractivity (Wildman–Crippen MR) is 78.8 cm³/mol. The monoisotopic (exact) mass is 285 g/mol. The highest BCUT2D eigenvalue weighted by atomic mass is 16.5. The zero-order valence-electron chi connectivity index (χ0n) is 11.7. The van der Waals surface area contributed by atoms with E-state index in [1.807, 2.05) is 6.07 Å². The Morgan fingerprint density at radius 1 is 1.24 bits per heavy atom. The first-order valence-electron chi connectivity index (χ1n) is 6.20. The third kappa shape index (κ3) is 3.79. The molecule has 2 rings (SSSR count). The number of nitrogens with one attached hydrogen (secondary N) is 1. The summed E-state index contributed by atoms with van der Waals surface area (Å²) in [6.45, 7) is 0. The molecule has 0 aliphatic carbocycles. The summed E-state index contributed by atoms with van der Waals surface area (Å²) < 4.78 is 10.3. The van der Waals surface area contributed by atoms with Crippen molar-refractivity contribution in [2.75, 3.05) is 14.2 Å². The Kier molecular flexibility index (Phi) is 4.87. The van der Waals surface area contributed by atoms with Crippen LogP contribution < -0.4 is 14.9 Å². The molecular weight excluding hydrogens is 270 g/mol. The minimum Gasteiger partial charge on any atom is -0.493 e. The zero-order chi connectivity index (χ0) is 15.1. The minimum atomic E-state index is -0.337. The van der Waals surface area contributed by atoms with Crippen LogP contribution >= 0.6 is 0 Å². The fourth-order valence-corrected chi connectivity index (χ4v) is 1.66. The maximum Gasteiger partial charge on any atom is 0.271 e. The quantitative estimate of drug-likeness (QED) is 0.672. The molecule has 6 heteroatoms. The molecule has 0 radical (unpaired) electrons. The highest BCUT2D eigenvalue weighted by Gasteiger charge is 2.09. The summed E-state index contributed by atoms with van der Waals surface area (Å²) in [5.41, 5.74) is 3.67. The van der Waals surface area contributed by atoms with Crippen LogP contribution in [-0.2, 0) is 0 Å². The highest BCUT2D eigenvalue weighted by Crippen LogP contribution is 2.27. The Balaban J connectivity index is 2.05. The molecule has 1 N–H and O–H groups in total. The van der Waals surface area contributed by atoms with E-state index in [1.165, 1.54) is 20.4 Å². The van der Waals surface area contributed by atoms with Crippen molar-refractivity contribution in [2.24, 2.45) is 5.10 Å². The van der Waals surface area contributed by atoms with E-state index < -0.39 is 0 Å². The first-order valence-corrected chi connectivity index (χ1v) is 6.20. The fourth-order valence-electron chi connectivity index (χ4n) is 1.66. The maximum absolute atomic E-state index is 12.0. The Hall–Kier alpha value is -2.89. The van der Waals surface area contributed by atoms with Crippen molar-refractivity contribution in [3.8, 4) is 11.5 Å². The van der Waals surface area contributed by atoms with Gasteiger partial charge >= 0.3 is 0 Å². The lowest BCUT2D eigenvalue weighted by molar-refractivity contribution is 0.0954. The normalized spacial score (nSPS) is 10.4. The smallest absolute Gasteiger partial charge is 0.271 e. The molecule has 108 valence electrons. The lowest BCUT2D eigenvalue weighted by Crippen LogP contribution is -2.17. The van der Waals surface area contributed by atoms with Crippen LogP contribution in [0.2, 0.25) is 0 Å². The first-order chi connectivity index (χ1) is 10.2. The van der Waals surface area contributed by atoms with Crippen LogP contribution in [0.1, 0.15) is 15.9 Å². The Labute approximate surface area is 122 Å². The lowest BCUT2D eigenvalue weighted by atomic mass is 10.2. The summed E-state index contributed by atoms with van der Waals surface area (Å²) in [7, 11) is 3.05. The number of pyridine rings is 1. The van der Waals surface area contributed by atoms with E-state index in [0.717, 1.165) is 5.56 Å². The summed E-state index contributed by atoms with van der Waals surface area (Å²) in [6, 6.07) is 8.51. The molecular formula is C15H15N3O3. The summed E-state index contributed by atoms with van der Waals surface area (Å²) in [4.78, 5) is 15.9. The van der Waals surface area contributed by atoms with Gasteiger partial charge in [-0.1, -0.05) is 6.07 Å². The molecule has 1 amide bonds. The number of benzene rings is 1. The third-order valence-corrected chi connectivity index (χ3v) is 2.71.